The molecular formula is C42H64O3Si3. The van der Waals surface area contributed by atoms with E-state index in [1.807, 2.05) is 0 Å². The van der Waals surface area contributed by atoms with Crippen LogP contribution in [0.5, 0.6) is 0 Å². The summed E-state index contributed by atoms with van der Waals surface area (Å²) in [6.45, 7) is 32.0. The van der Waals surface area contributed by atoms with Crippen LogP contribution in [0.25, 0.3) is 0 Å². The van der Waals surface area contributed by atoms with Gasteiger partial charge < -0.3 is 13.3 Å². The van der Waals surface area contributed by atoms with Crippen molar-refractivity contribution in [2.45, 2.75) is 124 Å². The molecule has 0 unspecified atom stereocenters. The maximum absolute atomic E-state index is 7.89. The highest BCUT2D eigenvalue weighted by Crippen LogP contribution is 2.74. The van der Waals surface area contributed by atoms with Gasteiger partial charge in [-0.3, -0.25) is 0 Å². The van der Waals surface area contributed by atoms with Gasteiger partial charge in [0.05, 0.1) is 17.3 Å². The zero-order valence-corrected chi connectivity index (χ0v) is 35.0. The lowest BCUT2D eigenvalue weighted by atomic mass is 9.48. The summed E-state index contributed by atoms with van der Waals surface area (Å²) in [5.74, 6) is 2.63. The summed E-state index contributed by atoms with van der Waals surface area (Å²) in [6, 6.07) is 22.4. The van der Waals surface area contributed by atoms with Crippen molar-refractivity contribution in [2.24, 2.45) is 34.0 Å². The van der Waals surface area contributed by atoms with E-state index in [4.69, 9.17) is 19.9 Å². The van der Waals surface area contributed by atoms with Gasteiger partial charge in [0.1, 0.15) is 0 Å². The van der Waals surface area contributed by atoms with Crippen LogP contribution in [-0.2, 0) is 13.3 Å². The number of fused-ring (bicyclic) bond motifs is 2. The first-order valence-corrected chi connectivity index (χ1v) is 27.5. The molecule has 6 rings (SSSR count). The molecule has 2 bridgehead atoms. The zero-order chi connectivity index (χ0) is 35.0. The molecule has 6 atom stereocenters. The molecule has 262 valence electrons. The van der Waals surface area contributed by atoms with Crippen LogP contribution in [-0.4, -0.2) is 37.7 Å². The van der Waals surface area contributed by atoms with Crippen molar-refractivity contribution < 1.29 is 13.3 Å². The Labute approximate surface area is 296 Å². The van der Waals surface area contributed by atoms with E-state index in [1.165, 1.54) is 53.8 Å². The monoisotopic (exact) mass is 700 g/mol. The third-order valence-corrected chi connectivity index (χ3v) is 19.4. The smallest absolute Gasteiger partial charge is 0.261 e. The molecule has 4 aliphatic rings. The molecule has 2 aromatic rings. The lowest BCUT2D eigenvalue weighted by Crippen LogP contribution is -2.67. The lowest BCUT2D eigenvalue weighted by Gasteiger charge is -2.57. The standard InChI is InChI=1S/C42H64O3Si3/c1-31-32-24-25-35-41(29-37(44-46(7,8)9)42(35,28-32)38(31)45-47(10,11)12)27-19-26-40(5,6)36(41)30-43-48(39(2,3)4,33-20-15-13-16-21-33)34-22-17-14-18-23-34/h13-18,20-23,29,32,35-36,38H,1,19,24-28,30H2,2-12H3/t32-,35+,36-,38+,41-,42-/m1/s1. The first kappa shape index (κ1) is 36.1. The molecule has 4 aliphatic carbocycles. The van der Waals surface area contributed by atoms with Crippen LogP contribution in [0.1, 0.15) is 73.1 Å². The summed E-state index contributed by atoms with van der Waals surface area (Å²) in [5, 5.41) is 2.67. The van der Waals surface area contributed by atoms with Crippen LogP contribution in [0.15, 0.2) is 84.7 Å². The largest absolute Gasteiger partial charge is 0.547 e. The number of hydrogen-bond donors (Lipinski definition) is 0. The predicted molar refractivity (Wildman–Crippen MR) is 210 cm³/mol. The van der Waals surface area contributed by atoms with E-state index >= 15 is 0 Å². The fourth-order valence-corrected chi connectivity index (χ4v) is 17.5. The first-order chi connectivity index (χ1) is 22.3. The topological polar surface area (TPSA) is 27.7 Å². The average molecular weight is 701 g/mol. The number of rotatable bonds is 9. The van der Waals surface area contributed by atoms with E-state index < -0.39 is 25.0 Å². The molecule has 6 heteroatoms. The molecule has 2 aromatic carbocycles. The van der Waals surface area contributed by atoms with Crippen LogP contribution >= 0.6 is 0 Å². The van der Waals surface area contributed by atoms with Crippen LogP contribution in [0.3, 0.4) is 0 Å². The Morgan fingerprint density at radius 2 is 1.40 bits per heavy atom. The molecule has 0 amide bonds. The summed E-state index contributed by atoms with van der Waals surface area (Å²) < 4.78 is 22.5. The third kappa shape index (κ3) is 5.93. The Kier molecular flexibility index (Phi) is 9.18. The molecule has 0 heterocycles. The van der Waals surface area contributed by atoms with Crippen molar-refractivity contribution in [3.63, 3.8) is 0 Å². The van der Waals surface area contributed by atoms with E-state index in [0.717, 1.165) is 13.0 Å². The highest BCUT2D eigenvalue weighted by atomic mass is 28.4. The zero-order valence-electron chi connectivity index (χ0n) is 32.0. The molecule has 2 spiro atoms. The Balaban J connectivity index is 1.51. The summed E-state index contributed by atoms with van der Waals surface area (Å²) in [7, 11) is -6.51. The molecule has 0 aliphatic heterocycles. The van der Waals surface area contributed by atoms with Crippen LogP contribution in [0.2, 0.25) is 44.3 Å². The predicted octanol–water partition coefficient (Wildman–Crippen LogP) is 10.3. The second-order valence-electron chi connectivity index (χ2n) is 19.5. The quantitative estimate of drug-likeness (QED) is 0.193. The van der Waals surface area contributed by atoms with E-state index in [1.54, 1.807) is 0 Å². The maximum atomic E-state index is 7.89. The minimum Gasteiger partial charge on any atom is -0.547 e. The third-order valence-electron chi connectivity index (χ3n) is 12.6. The van der Waals surface area contributed by atoms with Gasteiger partial charge in [0.2, 0.25) is 8.32 Å². The fourth-order valence-electron chi connectivity index (χ4n) is 10.9. The Morgan fingerprint density at radius 1 is 0.812 bits per heavy atom. The molecule has 0 N–H and O–H groups in total. The van der Waals surface area contributed by atoms with Crippen molar-refractivity contribution >= 4 is 35.3 Å². The summed E-state index contributed by atoms with van der Waals surface area (Å²) in [4.78, 5) is 0. The minimum absolute atomic E-state index is 0.00122. The van der Waals surface area contributed by atoms with Crippen molar-refractivity contribution in [1.29, 1.82) is 0 Å². The SMILES string of the molecule is C=C1[C@@H]2CC[C@H]3[C@]4(C=C(O[Si](C)(C)C)[C@]3(C2)[C@H]1O[Si](C)(C)C)CCCC(C)(C)[C@H]4CO[Si](c1ccccc1)(c1ccccc1)C(C)(C)C. The molecule has 3 nitrogen and oxygen atoms in total. The molecule has 0 aromatic heterocycles. The molecule has 3 saturated carbocycles. The normalized spacial score (nSPS) is 31.9. The van der Waals surface area contributed by atoms with Crippen molar-refractivity contribution in [3.05, 3.63) is 84.7 Å². The number of benzene rings is 2. The molecular weight excluding hydrogens is 637 g/mol. The average Bonchev–Trinajstić information content (AvgIpc) is 3.35. The summed E-state index contributed by atoms with van der Waals surface area (Å²) in [6.07, 6.45) is 10.0. The van der Waals surface area contributed by atoms with Gasteiger partial charge in [-0.05, 0) is 122 Å². The van der Waals surface area contributed by atoms with Gasteiger partial charge in [-0.25, -0.2) is 0 Å². The number of hydrogen-bond acceptors (Lipinski definition) is 3. The van der Waals surface area contributed by atoms with Gasteiger partial charge >= 0.3 is 0 Å². The van der Waals surface area contributed by atoms with Crippen molar-refractivity contribution in [2.75, 3.05) is 6.61 Å². The van der Waals surface area contributed by atoms with E-state index in [9.17, 15) is 0 Å². The van der Waals surface area contributed by atoms with Gasteiger partial charge in [-0.2, -0.15) is 0 Å². The maximum Gasteiger partial charge on any atom is 0.261 e. The lowest BCUT2D eigenvalue weighted by molar-refractivity contribution is -0.0923. The van der Waals surface area contributed by atoms with Crippen molar-refractivity contribution in [3.8, 4) is 0 Å². The Morgan fingerprint density at radius 3 is 1.92 bits per heavy atom. The van der Waals surface area contributed by atoms with E-state index in [2.05, 4.69) is 141 Å². The van der Waals surface area contributed by atoms with Crippen molar-refractivity contribution in [1.82, 2.24) is 0 Å². The Bertz CT molecular complexity index is 1470. The van der Waals surface area contributed by atoms with E-state index in [-0.39, 0.29) is 27.4 Å². The molecule has 48 heavy (non-hydrogen) atoms. The molecule has 3 fully saturated rings. The number of allylic oxidation sites excluding steroid dienone is 1. The van der Waals surface area contributed by atoms with Gasteiger partial charge in [0, 0.05) is 12.0 Å². The first-order valence-electron chi connectivity index (χ1n) is 18.8. The Hall–Kier alpha value is -1.71. The summed E-state index contributed by atoms with van der Waals surface area (Å²) in [5.41, 5.74) is 1.34. The van der Waals surface area contributed by atoms with Crippen LogP contribution in [0, 0.1) is 34.0 Å². The van der Waals surface area contributed by atoms with Gasteiger partial charge in [-0.1, -0.05) is 108 Å². The second kappa shape index (κ2) is 12.2. The van der Waals surface area contributed by atoms with Gasteiger partial charge in [0.25, 0.3) is 8.32 Å². The highest BCUT2D eigenvalue weighted by molar-refractivity contribution is 6.99. The molecule has 0 saturated heterocycles. The van der Waals surface area contributed by atoms with Gasteiger partial charge in [-0.15, -0.1) is 0 Å². The minimum atomic E-state index is -2.72. The van der Waals surface area contributed by atoms with Crippen LogP contribution < -0.4 is 10.4 Å². The fraction of sp³-hybridized carbons (Fsp3) is 0.619. The second-order valence-corrected chi connectivity index (χ2v) is 32.7. The highest BCUT2D eigenvalue weighted by Gasteiger charge is 2.71. The van der Waals surface area contributed by atoms with Crippen LogP contribution in [0.4, 0.5) is 0 Å². The molecule has 0 radical (unpaired) electrons. The van der Waals surface area contributed by atoms with Gasteiger partial charge in [0.15, 0.2) is 8.32 Å². The van der Waals surface area contributed by atoms with E-state index in [0.29, 0.717) is 17.8 Å². The summed E-state index contributed by atoms with van der Waals surface area (Å²) >= 11 is 0.